The van der Waals surface area contributed by atoms with E-state index in [9.17, 15) is 4.79 Å². The maximum Gasteiger partial charge on any atom is 0.332 e. The number of rotatable bonds is 5. The molecule has 0 atom stereocenters. The van der Waals surface area contributed by atoms with Crippen molar-refractivity contribution in [2.45, 2.75) is 6.42 Å². The summed E-state index contributed by atoms with van der Waals surface area (Å²) < 4.78 is 9.26. The highest BCUT2D eigenvalue weighted by atomic mass is 16.6. The molecule has 0 aliphatic rings. The summed E-state index contributed by atoms with van der Waals surface area (Å²) in [6, 6.07) is 9.94. The third-order valence-corrected chi connectivity index (χ3v) is 1.76. The summed E-state index contributed by atoms with van der Waals surface area (Å²) in [6.45, 7) is 0.482. The van der Waals surface area contributed by atoms with E-state index < -0.39 is 5.97 Å². The van der Waals surface area contributed by atoms with Crippen LogP contribution in [0.4, 0.5) is 0 Å². The quantitative estimate of drug-likeness (QED) is 0.526. The summed E-state index contributed by atoms with van der Waals surface area (Å²) in [5, 5.41) is 0. The van der Waals surface area contributed by atoms with Crippen LogP contribution in [0.15, 0.2) is 30.3 Å². The highest BCUT2D eigenvalue weighted by molar-refractivity contribution is 5.70. The number of hydrogen-bond donors (Lipinski definition) is 0. The molecular weight excluding hydrogens is 180 g/mol. The van der Waals surface area contributed by atoms with E-state index in [2.05, 4.69) is 11.8 Å². The average molecular weight is 193 g/mol. The van der Waals surface area contributed by atoms with Crippen LogP contribution in [0.25, 0.3) is 0 Å². The lowest BCUT2D eigenvalue weighted by atomic mass is 10.2. The number of esters is 1. The van der Waals surface area contributed by atoms with Crippen molar-refractivity contribution in [2.24, 2.45) is 0 Å². The topological polar surface area (TPSA) is 35.5 Å². The van der Waals surface area contributed by atoms with Gasteiger partial charge in [0.25, 0.3) is 0 Å². The Balaban J connectivity index is 2.13. The second kappa shape index (κ2) is 6.16. The summed E-state index contributed by atoms with van der Waals surface area (Å²) in [5.41, 5.74) is 1.19. The van der Waals surface area contributed by atoms with Gasteiger partial charge in [-0.05, 0) is 12.0 Å². The molecule has 3 heteroatoms. The fourth-order valence-corrected chi connectivity index (χ4v) is 1.03. The number of hydrogen-bond acceptors (Lipinski definition) is 3. The molecule has 75 valence electrons. The van der Waals surface area contributed by atoms with E-state index >= 15 is 0 Å². The number of benzene rings is 1. The van der Waals surface area contributed by atoms with Crippen molar-refractivity contribution in [3.05, 3.63) is 43.0 Å². The van der Waals surface area contributed by atoms with Gasteiger partial charge in [-0.3, -0.25) is 0 Å². The summed E-state index contributed by atoms with van der Waals surface area (Å²) in [5.74, 6) is -0.446. The third kappa shape index (κ3) is 4.05. The molecule has 0 fully saturated rings. The molecule has 14 heavy (non-hydrogen) atoms. The molecule has 1 radical (unpaired) electrons. The van der Waals surface area contributed by atoms with E-state index in [0.717, 1.165) is 6.42 Å². The van der Waals surface area contributed by atoms with Crippen LogP contribution in [0.1, 0.15) is 5.56 Å². The van der Waals surface area contributed by atoms with Crippen LogP contribution in [0.2, 0.25) is 0 Å². The predicted octanol–water partition coefficient (Wildman–Crippen LogP) is 1.58. The molecule has 0 heterocycles. The third-order valence-electron chi connectivity index (χ3n) is 1.76. The zero-order chi connectivity index (χ0) is 10.2. The van der Waals surface area contributed by atoms with Gasteiger partial charge >= 0.3 is 5.97 Å². The minimum atomic E-state index is -0.446. The maximum absolute atomic E-state index is 10.6. The summed E-state index contributed by atoms with van der Waals surface area (Å²) in [4.78, 5) is 10.6. The Hall–Kier alpha value is -1.35. The monoisotopic (exact) mass is 193 g/mol. The molecule has 3 nitrogen and oxygen atoms in total. The first-order valence-electron chi connectivity index (χ1n) is 4.39. The summed E-state index contributed by atoms with van der Waals surface area (Å²) >= 11 is 0. The molecule has 0 unspecified atom stereocenters. The Morgan fingerprint density at radius 3 is 2.64 bits per heavy atom. The molecule has 0 aliphatic heterocycles. The molecule has 0 aliphatic carbocycles. The van der Waals surface area contributed by atoms with E-state index in [1.165, 1.54) is 5.56 Å². The van der Waals surface area contributed by atoms with Gasteiger partial charge < -0.3 is 9.47 Å². The Bertz CT molecular complexity index is 269. The van der Waals surface area contributed by atoms with E-state index in [4.69, 9.17) is 4.74 Å². The van der Waals surface area contributed by atoms with Crippen LogP contribution in [-0.2, 0) is 20.7 Å². The van der Waals surface area contributed by atoms with Crippen LogP contribution in [0, 0.1) is 7.11 Å². The van der Waals surface area contributed by atoms with Crippen molar-refractivity contribution in [3.8, 4) is 0 Å². The molecule has 1 aromatic rings. The summed E-state index contributed by atoms with van der Waals surface area (Å²) in [6.07, 6.45) is 0.797. The molecule has 0 spiro atoms. The highest BCUT2D eigenvalue weighted by Crippen LogP contribution is 1.99. The van der Waals surface area contributed by atoms with Gasteiger partial charge in [-0.2, -0.15) is 0 Å². The van der Waals surface area contributed by atoms with E-state index in [1.807, 2.05) is 30.3 Å². The standard InChI is InChI=1S/C11H13O3/c1-13-11(12)9-14-8-7-10-5-3-2-4-6-10/h2-6H,1,7-9H2. The fourth-order valence-electron chi connectivity index (χ4n) is 1.03. The number of carbonyl (C=O) groups excluding carboxylic acids is 1. The van der Waals surface area contributed by atoms with Gasteiger partial charge in [0.2, 0.25) is 0 Å². The van der Waals surface area contributed by atoms with Gasteiger partial charge in [-0.1, -0.05) is 30.3 Å². The molecule has 1 aromatic carbocycles. The van der Waals surface area contributed by atoms with E-state index in [0.29, 0.717) is 6.61 Å². The molecular formula is C11H13O3. The maximum atomic E-state index is 10.6. The Kier molecular flexibility index (Phi) is 4.72. The highest BCUT2D eigenvalue weighted by Gasteiger charge is 1.99. The smallest absolute Gasteiger partial charge is 0.332 e. The molecule has 0 saturated carbocycles. The van der Waals surface area contributed by atoms with Crippen molar-refractivity contribution in [3.63, 3.8) is 0 Å². The van der Waals surface area contributed by atoms with Crippen molar-refractivity contribution < 1.29 is 14.3 Å². The van der Waals surface area contributed by atoms with Gasteiger partial charge in [-0.25, -0.2) is 4.79 Å². The molecule has 0 aromatic heterocycles. The van der Waals surface area contributed by atoms with Gasteiger partial charge in [-0.15, -0.1) is 0 Å². The Morgan fingerprint density at radius 2 is 2.00 bits per heavy atom. The van der Waals surface area contributed by atoms with Gasteiger partial charge in [0.15, 0.2) is 0 Å². The van der Waals surface area contributed by atoms with Crippen molar-refractivity contribution in [1.29, 1.82) is 0 Å². The second-order valence-electron chi connectivity index (χ2n) is 2.80. The Morgan fingerprint density at radius 1 is 1.29 bits per heavy atom. The molecule has 0 amide bonds. The number of carbonyl (C=O) groups is 1. The van der Waals surface area contributed by atoms with Crippen molar-refractivity contribution >= 4 is 5.97 Å². The van der Waals surface area contributed by atoms with Gasteiger partial charge in [0, 0.05) is 0 Å². The molecule has 0 N–H and O–H groups in total. The zero-order valence-electron chi connectivity index (χ0n) is 7.94. The molecule has 0 saturated heterocycles. The normalized spacial score (nSPS) is 9.79. The van der Waals surface area contributed by atoms with Crippen LogP contribution in [0.3, 0.4) is 0 Å². The average Bonchev–Trinajstić information content (AvgIpc) is 2.25. The molecule has 1 rings (SSSR count). The second-order valence-corrected chi connectivity index (χ2v) is 2.80. The van der Waals surface area contributed by atoms with Gasteiger partial charge in [0.05, 0.1) is 6.61 Å². The minimum Gasteiger partial charge on any atom is -0.460 e. The number of ether oxygens (including phenoxy) is 2. The SMILES string of the molecule is [CH2]OC(=O)COCCc1ccccc1. The van der Waals surface area contributed by atoms with Crippen LogP contribution < -0.4 is 0 Å². The zero-order valence-corrected chi connectivity index (χ0v) is 7.94. The minimum absolute atomic E-state index is 0.0314. The van der Waals surface area contributed by atoms with Gasteiger partial charge in [0.1, 0.15) is 13.7 Å². The van der Waals surface area contributed by atoms with Crippen LogP contribution >= 0.6 is 0 Å². The van der Waals surface area contributed by atoms with Crippen molar-refractivity contribution in [2.75, 3.05) is 13.2 Å². The first-order chi connectivity index (χ1) is 6.83. The van der Waals surface area contributed by atoms with E-state index in [1.54, 1.807) is 0 Å². The van der Waals surface area contributed by atoms with Crippen LogP contribution in [0.5, 0.6) is 0 Å². The van der Waals surface area contributed by atoms with E-state index in [-0.39, 0.29) is 6.61 Å². The fraction of sp³-hybridized carbons (Fsp3) is 0.273. The lowest BCUT2D eigenvalue weighted by Crippen LogP contribution is -2.10. The first kappa shape index (κ1) is 10.7. The Labute approximate surface area is 83.6 Å². The predicted molar refractivity (Wildman–Crippen MR) is 52.4 cm³/mol. The first-order valence-corrected chi connectivity index (χ1v) is 4.39. The lowest BCUT2D eigenvalue weighted by Gasteiger charge is -2.02. The van der Waals surface area contributed by atoms with Crippen molar-refractivity contribution in [1.82, 2.24) is 0 Å². The largest absolute Gasteiger partial charge is 0.460 e. The van der Waals surface area contributed by atoms with Crippen LogP contribution in [-0.4, -0.2) is 19.2 Å². The molecule has 0 bridgehead atoms. The lowest BCUT2D eigenvalue weighted by molar-refractivity contribution is -0.143. The summed E-state index contributed by atoms with van der Waals surface area (Å²) in [7, 11) is 2.99.